The largest absolute Gasteiger partial charge is 0.497 e. The molecule has 0 radical (unpaired) electrons. The SMILES string of the molecule is CNC(CS(C)(=O)=O)c1ccc(OC)cc1C. The fourth-order valence-corrected chi connectivity index (χ4v) is 2.75. The second-order valence-electron chi connectivity index (χ2n) is 4.16. The number of aryl methyl sites for hydroxylation is 1. The zero-order valence-electron chi connectivity index (χ0n) is 10.6. The maximum absolute atomic E-state index is 11.3. The van der Waals surface area contributed by atoms with Crippen LogP contribution in [0.5, 0.6) is 5.75 Å². The first kappa shape index (κ1) is 14.0. The molecule has 1 atom stereocenters. The van der Waals surface area contributed by atoms with Gasteiger partial charge in [0.15, 0.2) is 0 Å². The topological polar surface area (TPSA) is 55.4 Å². The Balaban J connectivity index is 3.04. The van der Waals surface area contributed by atoms with Crippen LogP contribution < -0.4 is 10.1 Å². The average molecular weight is 257 g/mol. The van der Waals surface area contributed by atoms with Crippen LogP contribution in [0.25, 0.3) is 0 Å². The van der Waals surface area contributed by atoms with E-state index in [1.165, 1.54) is 6.26 Å². The lowest BCUT2D eigenvalue weighted by atomic mass is 10.0. The molecule has 0 saturated carbocycles. The van der Waals surface area contributed by atoms with Gasteiger partial charge in [-0.1, -0.05) is 6.07 Å². The van der Waals surface area contributed by atoms with E-state index in [0.29, 0.717) is 0 Å². The predicted octanol–water partition coefficient (Wildman–Crippen LogP) is 1.31. The van der Waals surface area contributed by atoms with Gasteiger partial charge in [-0.05, 0) is 37.2 Å². The summed E-state index contributed by atoms with van der Waals surface area (Å²) in [6.45, 7) is 1.95. The van der Waals surface area contributed by atoms with E-state index in [0.717, 1.165) is 16.9 Å². The highest BCUT2D eigenvalue weighted by Crippen LogP contribution is 2.23. The summed E-state index contributed by atoms with van der Waals surface area (Å²) in [4.78, 5) is 0. The van der Waals surface area contributed by atoms with Crippen molar-refractivity contribution in [2.24, 2.45) is 0 Å². The van der Waals surface area contributed by atoms with Crippen molar-refractivity contribution in [1.82, 2.24) is 5.32 Å². The molecule has 0 aliphatic carbocycles. The van der Waals surface area contributed by atoms with Crippen molar-refractivity contribution in [3.63, 3.8) is 0 Å². The fourth-order valence-electron chi connectivity index (χ4n) is 1.80. The van der Waals surface area contributed by atoms with Gasteiger partial charge in [-0.25, -0.2) is 8.42 Å². The normalized spacial score (nSPS) is 13.4. The minimum absolute atomic E-state index is 0.0939. The molecule has 1 aromatic carbocycles. The van der Waals surface area contributed by atoms with E-state index in [2.05, 4.69) is 5.32 Å². The van der Waals surface area contributed by atoms with Gasteiger partial charge in [0.2, 0.25) is 0 Å². The molecule has 0 fully saturated rings. The molecule has 1 unspecified atom stereocenters. The van der Waals surface area contributed by atoms with Crippen LogP contribution in [0.2, 0.25) is 0 Å². The van der Waals surface area contributed by atoms with Crippen molar-refractivity contribution in [2.45, 2.75) is 13.0 Å². The van der Waals surface area contributed by atoms with Crippen LogP contribution in [-0.4, -0.2) is 34.6 Å². The van der Waals surface area contributed by atoms with Gasteiger partial charge in [-0.2, -0.15) is 0 Å². The standard InChI is InChI=1S/C12H19NO3S/c1-9-7-10(16-3)5-6-11(9)12(13-2)8-17(4,14)15/h5-7,12-13H,8H2,1-4H3. The van der Waals surface area contributed by atoms with Crippen LogP contribution in [0.3, 0.4) is 0 Å². The number of hydrogen-bond acceptors (Lipinski definition) is 4. The predicted molar refractivity (Wildman–Crippen MR) is 69.2 cm³/mol. The van der Waals surface area contributed by atoms with Gasteiger partial charge in [0, 0.05) is 12.3 Å². The van der Waals surface area contributed by atoms with Gasteiger partial charge in [-0.15, -0.1) is 0 Å². The molecule has 96 valence electrons. The monoisotopic (exact) mass is 257 g/mol. The van der Waals surface area contributed by atoms with Crippen LogP contribution in [0, 0.1) is 6.92 Å². The van der Waals surface area contributed by atoms with E-state index in [4.69, 9.17) is 4.74 Å². The van der Waals surface area contributed by atoms with E-state index in [9.17, 15) is 8.42 Å². The Hall–Kier alpha value is -1.07. The minimum Gasteiger partial charge on any atom is -0.497 e. The first-order valence-corrected chi connectivity index (χ1v) is 7.43. The number of benzene rings is 1. The van der Waals surface area contributed by atoms with Crippen molar-refractivity contribution in [1.29, 1.82) is 0 Å². The second kappa shape index (κ2) is 5.51. The third-order valence-corrected chi connectivity index (χ3v) is 3.61. The number of methoxy groups -OCH3 is 1. The van der Waals surface area contributed by atoms with Gasteiger partial charge in [0.1, 0.15) is 15.6 Å². The molecule has 1 rings (SSSR count). The molecule has 0 amide bonds. The van der Waals surface area contributed by atoms with E-state index in [1.807, 2.05) is 25.1 Å². The van der Waals surface area contributed by atoms with Crippen LogP contribution in [-0.2, 0) is 9.84 Å². The first-order chi connectivity index (χ1) is 7.87. The summed E-state index contributed by atoms with van der Waals surface area (Å²) in [7, 11) is 0.365. The molecule has 4 nitrogen and oxygen atoms in total. The maximum Gasteiger partial charge on any atom is 0.149 e. The minimum atomic E-state index is -3.01. The number of rotatable bonds is 5. The Morgan fingerprint density at radius 2 is 2.06 bits per heavy atom. The molecule has 1 aromatic rings. The van der Waals surface area contributed by atoms with Gasteiger partial charge >= 0.3 is 0 Å². The summed E-state index contributed by atoms with van der Waals surface area (Å²) in [6.07, 6.45) is 1.25. The summed E-state index contributed by atoms with van der Waals surface area (Å²) in [5, 5.41) is 3.03. The molecule has 1 N–H and O–H groups in total. The summed E-state index contributed by atoms with van der Waals surface area (Å²) in [5.41, 5.74) is 2.01. The van der Waals surface area contributed by atoms with Crippen molar-refractivity contribution >= 4 is 9.84 Å². The summed E-state index contributed by atoms with van der Waals surface area (Å²) >= 11 is 0. The molecular formula is C12H19NO3S. The third-order valence-electron chi connectivity index (χ3n) is 2.67. The van der Waals surface area contributed by atoms with Gasteiger partial charge < -0.3 is 10.1 Å². The van der Waals surface area contributed by atoms with Gasteiger partial charge in [0.05, 0.1) is 12.9 Å². The Labute approximate surface area is 103 Å². The van der Waals surface area contributed by atoms with E-state index < -0.39 is 9.84 Å². The van der Waals surface area contributed by atoms with Crippen LogP contribution in [0.15, 0.2) is 18.2 Å². The van der Waals surface area contributed by atoms with Gasteiger partial charge in [-0.3, -0.25) is 0 Å². The number of ether oxygens (including phenoxy) is 1. The Morgan fingerprint density at radius 3 is 2.47 bits per heavy atom. The molecule has 0 aliphatic rings. The maximum atomic E-state index is 11.3. The van der Waals surface area contributed by atoms with E-state index in [-0.39, 0.29) is 11.8 Å². The van der Waals surface area contributed by atoms with Crippen molar-refractivity contribution in [3.05, 3.63) is 29.3 Å². The molecule has 0 aliphatic heterocycles. The Kier molecular flexibility index (Phi) is 4.54. The molecule has 0 heterocycles. The summed E-state index contributed by atoms with van der Waals surface area (Å²) < 4.78 is 27.8. The average Bonchev–Trinajstić information content (AvgIpc) is 2.24. The van der Waals surface area contributed by atoms with Crippen LogP contribution >= 0.6 is 0 Å². The second-order valence-corrected chi connectivity index (χ2v) is 6.34. The zero-order valence-corrected chi connectivity index (χ0v) is 11.5. The highest BCUT2D eigenvalue weighted by molar-refractivity contribution is 7.90. The van der Waals surface area contributed by atoms with E-state index >= 15 is 0 Å². The van der Waals surface area contributed by atoms with Gasteiger partial charge in [0.25, 0.3) is 0 Å². The lowest BCUT2D eigenvalue weighted by Crippen LogP contribution is -2.25. The highest BCUT2D eigenvalue weighted by atomic mass is 32.2. The Bertz CT molecular complexity index is 483. The quantitative estimate of drug-likeness (QED) is 0.864. The fraction of sp³-hybridized carbons (Fsp3) is 0.500. The lowest BCUT2D eigenvalue weighted by Gasteiger charge is -2.18. The summed E-state index contributed by atoms with van der Waals surface area (Å²) in [5.74, 6) is 0.872. The lowest BCUT2D eigenvalue weighted by molar-refractivity contribution is 0.414. The molecular weight excluding hydrogens is 238 g/mol. The molecule has 0 saturated heterocycles. The first-order valence-electron chi connectivity index (χ1n) is 5.37. The number of sulfone groups is 1. The Morgan fingerprint density at radius 1 is 1.41 bits per heavy atom. The van der Waals surface area contributed by atoms with Crippen molar-refractivity contribution in [2.75, 3.05) is 26.2 Å². The zero-order chi connectivity index (χ0) is 13.1. The molecule has 5 heteroatoms. The highest BCUT2D eigenvalue weighted by Gasteiger charge is 2.17. The molecule has 0 spiro atoms. The van der Waals surface area contributed by atoms with Crippen LogP contribution in [0.4, 0.5) is 0 Å². The number of nitrogens with one attached hydrogen (secondary N) is 1. The summed E-state index contributed by atoms with van der Waals surface area (Å²) in [6, 6.07) is 5.47. The third kappa shape index (κ3) is 4.02. The van der Waals surface area contributed by atoms with E-state index in [1.54, 1.807) is 14.2 Å². The number of hydrogen-bond donors (Lipinski definition) is 1. The molecule has 17 heavy (non-hydrogen) atoms. The van der Waals surface area contributed by atoms with Crippen LogP contribution in [0.1, 0.15) is 17.2 Å². The molecule has 0 aromatic heterocycles. The smallest absolute Gasteiger partial charge is 0.149 e. The molecule has 0 bridgehead atoms. The van der Waals surface area contributed by atoms with Crippen molar-refractivity contribution in [3.8, 4) is 5.75 Å². The van der Waals surface area contributed by atoms with Crippen molar-refractivity contribution < 1.29 is 13.2 Å².